The zero-order valence-corrected chi connectivity index (χ0v) is 12.6. The van der Waals surface area contributed by atoms with Gasteiger partial charge in [0.1, 0.15) is 5.60 Å². The first-order valence-electron chi connectivity index (χ1n) is 8.03. The topological polar surface area (TPSA) is 26.3 Å². The maximum Gasteiger partial charge on any atom is 0.402 e. The van der Waals surface area contributed by atoms with Gasteiger partial charge in [0.25, 0.3) is 0 Å². The van der Waals surface area contributed by atoms with Crippen molar-refractivity contribution in [3.63, 3.8) is 0 Å². The van der Waals surface area contributed by atoms with Crippen molar-refractivity contribution >= 4 is 5.97 Å². The molecule has 0 aromatic carbocycles. The second-order valence-corrected chi connectivity index (χ2v) is 7.41. The summed E-state index contributed by atoms with van der Waals surface area (Å²) in [6.45, 7) is 3.26. The second-order valence-electron chi connectivity index (χ2n) is 7.41. The summed E-state index contributed by atoms with van der Waals surface area (Å²) in [6.07, 6.45) is 0.558. The summed E-state index contributed by atoms with van der Waals surface area (Å²) in [5.41, 5.74) is -0.677. The predicted octanol–water partition coefficient (Wildman–Crippen LogP) is 4.33. The molecule has 4 saturated carbocycles. The molecular weight excluding hydrogens is 281 g/mol. The van der Waals surface area contributed by atoms with E-state index in [1.807, 2.05) is 6.92 Å². The molecule has 4 aliphatic rings. The van der Waals surface area contributed by atoms with Crippen LogP contribution in [-0.2, 0) is 9.53 Å². The number of rotatable bonds is 3. The lowest BCUT2D eigenvalue weighted by molar-refractivity contribution is -0.230. The summed E-state index contributed by atoms with van der Waals surface area (Å²) in [7, 11) is 0. The normalized spacial score (nSPS) is 42.9. The van der Waals surface area contributed by atoms with E-state index in [4.69, 9.17) is 4.74 Å². The Morgan fingerprint density at radius 2 is 1.62 bits per heavy atom. The van der Waals surface area contributed by atoms with Gasteiger partial charge in [-0.1, -0.05) is 6.92 Å². The Bertz CT molecular complexity index is 402. The highest BCUT2D eigenvalue weighted by Crippen LogP contribution is 2.59. The van der Waals surface area contributed by atoms with Gasteiger partial charge in [-0.25, -0.2) is 0 Å². The number of alkyl halides is 3. The van der Waals surface area contributed by atoms with E-state index in [9.17, 15) is 18.0 Å². The Balaban J connectivity index is 1.76. The number of hydrogen-bond donors (Lipinski definition) is 0. The minimum absolute atomic E-state index is 0.251. The third-order valence-corrected chi connectivity index (χ3v) is 6.17. The fourth-order valence-corrected chi connectivity index (χ4v) is 5.11. The van der Waals surface area contributed by atoms with Crippen LogP contribution in [0.5, 0.6) is 0 Å². The van der Waals surface area contributed by atoms with Crippen molar-refractivity contribution in [2.75, 3.05) is 0 Å². The molecule has 2 nitrogen and oxygen atoms in total. The van der Waals surface area contributed by atoms with Crippen LogP contribution >= 0.6 is 0 Å². The SMILES string of the molecule is CCC(C(=O)OC1(C)C2CC3CC(C2)CC1C3)C(F)(F)F. The number of ether oxygens (including phenoxy) is 1. The van der Waals surface area contributed by atoms with Crippen molar-refractivity contribution in [3.05, 3.63) is 0 Å². The van der Waals surface area contributed by atoms with Crippen LogP contribution in [0.15, 0.2) is 0 Å². The molecule has 5 heteroatoms. The van der Waals surface area contributed by atoms with Gasteiger partial charge in [-0.05, 0) is 69.1 Å². The maximum absolute atomic E-state index is 12.9. The van der Waals surface area contributed by atoms with Crippen molar-refractivity contribution in [3.8, 4) is 0 Å². The summed E-state index contributed by atoms with van der Waals surface area (Å²) in [5, 5.41) is 0. The van der Waals surface area contributed by atoms with Crippen LogP contribution in [0, 0.1) is 29.6 Å². The van der Waals surface area contributed by atoms with E-state index in [0.717, 1.165) is 25.7 Å². The Kier molecular flexibility index (Phi) is 3.53. The van der Waals surface area contributed by atoms with Crippen molar-refractivity contribution in [1.82, 2.24) is 0 Å². The van der Waals surface area contributed by atoms with E-state index < -0.39 is 23.7 Å². The van der Waals surface area contributed by atoms with Gasteiger partial charge in [-0.2, -0.15) is 13.2 Å². The van der Waals surface area contributed by atoms with E-state index in [1.165, 1.54) is 13.3 Å². The van der Waals surface area contributed by atoms with Gasteiger partial charge in [-0.15, -0.1) is 0 Å². The average molecular weight is 304 g/mol. The lowest BCUT2D eigenvalue weighted by Gasteiger charge is -2.59. The van der Waals surface area contributed by atoms with Crippen LogP contribution in [0.3, 0.4) is 0 Å². The van der Waals surface area contributed by atoms with Crippen LogP contribution < -0.4 is 0 Å². The molecule has 4 fully saturated rings. The lowest BCUT2D eigenvalue weighted by atomic mass is 9.50. The molecule has 0 aliphatic heterocycles. The summed E-state index contributed by atoms with van der Waals surface area (Å²) in [5.74, 6) is -1.15. The van der Waals surface area contributed by atoms with Gasteiger partial charge in [-0.3, -0.25) is 4.79 Å². The minimum Gasteiger partial charge on any atom is -0.458 e. The summed E-state index contributed by atoms with van der Waals surface area (Å²) >= 11 is 0. The fraction of sp³-hybridized carbons (Fsp3) is 0.938. The highest BCUT2D eigenvalue weighted by atomic mass is 19.4. The summed E-state index contributed by atoms with van der Waals surface area (Å²) in [6, 6.07) is 0. The van der Waals surface area contributed by atoms with Crippen LogP contribution in [0.1, 0.15) is 52.4 Å². The quantitative estimate of drug-likeness (QED) is 0.725. The van der Waals surface area contributed by atoms with Gasteiger partial charge in [0.15, 0.2) is 5.92 Å². The Morgan fingerprint density at radius 3 is 2.00 bits per heavy atom. The summed E-state index contributed by atoms with van der Waals surface area (Å²) < 4.78 is 44.3. The van der Waals surface area contributed by atoms with Crippen LogP contribution in [0.2, 0.25) is 0 Å². The number of esters is 1. The molecule has 1 unspecified atom stereocenters. The largest absolute Gasteiger partial charge is 0.458 e. The molecule has 0 aromatic rings. The zero-order valence-electron chi connectivity index (χ0n) is 12.6. The lowest BCUT2D eigenvalue weighted by Crippen LogP contribution is -2.58. The van der Waals surface area contributed by atoms with E-state index in [-0.39, 0.29) is 18.3 Å². The molecule has 0 spiro atoms. The molecule has 4 aliphatic carbocycles. The predicted molar refractivity (Wildman–Crippen MR) is 71.4 cm³/mol. The standard InChI is InChI=1S/C16H23F3O2/c1-3-13(16(17,18)19)14(20)21-15(2)11-5-9-4-10(7-11)8-12(15)6-9/h9-13H,3-8H2,1-2H3. The van der Waals surface area contributed by atoms with Crippen molar-refractivity contribution < 1.29 is 22.7 Å². The first-order chi connectivity index (χ1) is 9.74. The number of carbonyl (C=O) groups is 1. The Morgan fingerprint density at radius 1 is 1.14 bits per heavy atom. The molecule has 4 rings (SSSR count). The number of carbonyl (C=O) groups excluding carboxylic acids is 1. The molecule has 0 heterocycles. The number of halogens is 3. The van der Waals surface area contributed by atoms with Crippen molar-refractivity contribution in [2.45, 2.75) is 64.1 Å². The van der Waals surface area contributed by atoms with Crippen LogP contribution in [-0.4, -0.2) is 17.7 Å². The van der Waals surface area contributed by atoms with Gasteiger partial charge < -0.3 is 4.74 Å². The molecule has 0 N–H and O–H groups in total. The van der Waals surface area contributed by atoms with Gasteiger partial charge in [0.05, 0.1) is 0 Å². The van der Waals surface area contributed by atoms with E-state index in [0.29, 0.717) is 11.8 Å². The van der Waals surface area contributed by atoms with Gasteiger partial charge in [0.2, 0.25) is 0 Å². The van der Waals surface area contributed by atoms with E-state index >= 15 is 0 Å². The Labute approximate surface area is 123 Å². The molecule has 0 amide bonds. The maximum atomic E-state index is 12.9. The second kappa shape index (κ2) is 4.88. The number of hydrogen-bond acceptors (Lipinski definition) is 2. The molecular formula is C16H23F3O2. The molecule has 0 aromatic heterocycles. The average Bonchev–Trinajstić information content (AvgIpc) is 2.34. The molecule has 1 atom stereocenters. The smallest absolute Gasteiger partial charge is 0.402 e. The molecule has 21 heavy (non-hydrogen) atoms. The monoisotopic (exact) mass is 304 g/mol. The molecule has 0 saturated heterocycles. The third kappa shape index (κ3) is 2.46. The van der Waals surface area contributed by atoms with Crippen LogP contribution in [0.25, 0.3) is 0 Å². The first kappa shape index (κ1) is 15.2. The highest BCUT2D eigenvalue weighted by Gasteiger charge is 2.58. The highest BCUT2D eigenvalue weighted by molar-refractivity contribution is 5.73. The molecule has 120 valence electrons. The molecule has 4 bridgehead atoms. The molecule has 0 radical (unpaired) electrons. The van der Waals surface area contributed by atoms with Gasteiger partial charge >= 0.3 is 12.1 Å². The third-order valence-electron chi connectivity index (χ3n) is 6.17. The van der Waals surface area contributed by atoms with Crippen molar-refractivity contribution in [2.24, 2.45) is 29.6 Å². The van der Waals surface area contributed by atoms with Gasteiger partial charge in [0, 0.05) is 0 Å². The first-order valence-corrected chi connectivity index (χ1v) is 8.03. The van der Waals surface area contributed by atoms with Crippen LogP contribution in [0.4, 0.5) is 13.2 Å². The van der Waals surface area contributed by atoms with E-state index in [1.54, 1.807) is 0 Å². The van der Waals surface area contributed by atoms with E-state index in [2.05, 4.69) is 0 Å². The minimum atomic E-state index is -4.51. The summed E-state index contributed by atoms with van der Waals surface area (Å²) in [4.78, 5) is 12.1. The Hall–Kier alpha value is -0.740. The fourth-order valence-electron chi connectivity index (χ4n) is 5.11. The zero-order chi connectivity index (χ0) is 15.4. The van der Waals surface area contributed by atoms with Crippen molar-refractivity contribution in [1.29, 1.82) is 0 Å².